The molecule has 12 heteroatoms. The summed E-state index contributed by atoms with van der Waals surface area (Å²) in [5.41, 5.74) is -0.203. The maximum atomic E-state index is 12.8. The molecule has 2 aromatic rings. The summed E-state index contributed by atoms with van der Waals surface area (Å²) in [6.45, 7) is 5.38. The summed E-state index contributed by atoms with van der Waals surface area (Å²) in [5, 5.41) is 11.1. The van der Waals surface area contributed by atoms with Crippen molar-refractivity contribution in [2.45, 2.75) is 67.4 Å². The molecule has 192 valence electrons. The van der Waals surface area contributed by atoms with Crippen molar-refractivity contribution in [1.29, 1.82) is 0 Å². The molecule has 0 aliphatic carbocycles. The molecule has 0 amide bonds. The topological polar surface area (TPSA) is 135 Å². The summed E-state index contributed by atoms with van der Waals surface area (Å²) in [6.07, 6.45) is -3.62. The van der Waals surface area contributed by atoms with Crippen LogP contribution in [-0.4, -0.2) is 65.0 Å². The van der Waals surface area contributed by atoms with Gasteiger partial charge in [0.05, 0.1) is 9.79 Å². The molecule has 10 nitrogen and oxygen atoms in total. The third-order valence-electron chi connectivity index (χ3n) is 5.83. The van der Waals surface area contributed by atoms with Crippen LogP contribution in [0.2, 0.25) is 0 Å². The minimum atomic E-state index is -4.26. The highest BCUT2D eigenvalue weighted by Gasteiger charge is 2.62. The Hall–Kier alpha value is -1.90. The summed E-state index contributed by atoms with van der Waals surface area (Å²) in [6, 6.07) is 12.0. The standard InChI is InChI=1S/C23H28O10S2/c1-15-5-9-17(10-6-15)34(25,26)29-13-23(20(24)19-21(33-23)32-22(3,4)31-19)14-30-35(27,28)18-11-7-16(2)8-12-18/h5-12,19-21,24H,13-14H2,1-4H3/t19-,20-,21+/m1/s1. The molecular weight excluding hydrogens is 500 g/mol. The number of aryl methyl sites for hydroxylation is 2. The van der Waals surface area contributed by atoms with Crippen LogP contribution in [0.25, 0.3) is 0 Å². The lowest BCUT2D eigenvalue weighted by atomic mass is 9.97. The lowest BCUT2D eigenvalue weighted by Crippen LogP contribution is -2.52. The molecule has 2 aromatic carbocycles. The second kappa shape index (κ2) is 9.20. The monoisotopic (exact) mass is 528 g/mol. The van der Waals surface area contributed by atoms with Crippen LogP contribution in [0.3, 0.4) is 0 Å². The Morgan fingerprint density at radius 2 is 1.20 bits per heavy atom. The van der Waals surface area contributed by atoms with E-state index < -0.39 is 63.3 Å². The Bertz CT molecular complexity index is 1190. The van der Waals surface area contributed by atoms with Gasteiger partial charge >= 0.3 is 0 Å². The average molecular weight is 529 g/mol. The van der Waals surface area contributed by atoms with E-state index in [0.717, 1.165) is 11.1 Å². The van der Waals surface area contributed by atoms with Gasteiger partial charge in [-0.1, -0.05) is 35.4 Å². The zero-order chi connectivity index (χ0) is 25.6. The molecule has 2 aliphatic heterocycles. The molecule has 2 fully saturated rings. The predicted molar refractivity (Wildman–Crippen MR) is 122 cm³/mol. The molecule has 2 heterocycles. The normalized spacial score (nSPS) is 25.5. The Morgan fingerprint density at radius 1 is 0.771 bits per heavy atom. The molecule has 3 atom stereocenters. The summed E-state index contributed by atoms with van der Waals surface area (Å²) < 4.78 is 78.7. The van der Waals surface area contributed by atoms with Crippen molar-refractivity contribution < 1.29 is 44.5 Å². The van der Waals surface area contributed by atoms with E-state index in [2.05, 4.69) is 0 Å². The van der Waals surface area contributed by atoms with Gasteiger partial charge in [-0.2, -0.15) is 16.8 Å². The smallest absolute Gasteiger partial charge is 0.297 e. The third kappa shape index (κ3) is 5.44. The van der Waals surface area contributed by atoms with E-state index in [-0.39, 0.29) is 9.79 Å². The zero-order valence-electron chi connectivity index (χ0n) is 19.7. The fourth-order valence-electron chi connectivity index (χ4n) is 3.84. The molecule has 0 unspecified atom stereocenters. The maximum Gasteiger partial charge on any atom is 0.297 e. The van der Waals surface area contributed by atoms with Crippen LogP contribution < -0.4 is 0 Å². The fraction of sp³-hybridized carbons (Fsp3) is 0.478. The molecule has 0 radical (unpaired) electrons. The molecule has 0 bridgehead atoms. The number of rotatable bonds is 8. The first kappa shape index (κ1) is 26.2. The number of benzene rings is 2. The summed E-state index contributed by atoms with van der Waals surface area (Å²) in [4.78, 5) is -0.208. The lowest BCUT2D eigenvalue weighted by Gasteiger charge is -2.33. The van der Waals surface area contributed by atoms with Crippen LogP contribution in [0.1, 0.15) is 25.0 Å². The highest BCUT2D eigenvalue weighted by molar-refractivity contribution is 7.87. The number of aliphatic hydroxyl groups is 1. The van der Waals surface area contributed by atoms with E-state index in [9.17, 15) is 21.9 Å². The van der Waals surface area contributed by atoms with Crippen molar-refractivity contribution in [2.75, 3.05) is 13.2 Å². The van der Waals surface area contributed by atoms with Crippen LogP contribution in [-0.2, 0) is 42.8 Å². The van der Waals surface area contributed by atoms with E-state index >= 15 is 0 Å². The van der Waals surface area contributed by atoms with Crippen molar-refractivity contribution in [3.05, 3.63) is 59.7 Å². The number of fused-ring (bicyclic) bond motifs is 1. The van der Waals surface area contributed by atoms with Gasteiger partial charge in [-0.3, -0.25) is 8.37 Å². The molecular formula is C23H28O10S2. The van der Waals surface area contributed by atoms with E-state index in [1.807, 2.05) is 0 Å². The van der Waals surface area contributed by atoms with Gasteiger partial charge in [-0.25, -0.2) is 0 Å². The molecule has 0 spiro atoms. The first-order chi connectivity index (χ1) is 16.2. The summed E-state index contributed by atoms with van der Waals surface area (Å²) in [7, 11) is -8.52. The van der Waals surface area contributed by atoms with Crippen molar-refractivity contribution in [3.8, 4) is 0 Å². The quantitative estimate of drug-likeness (QED) is 0.507. The Kier molecular flexibility index (Phi) is 6.88. The van der Waals surface area contributed by atoms with Crippen molar-refractivity contribution in [1.82, 2.24) is 0 Å². The molecule has 0 aromatic heterocycles. The Labute approximate surface area is 205 Å². The molecule has 35 heavy (non-hydrogen) atoms. The van der Waals surface area contributed by atoms with Gasteiger partial charge in [-0.15, -0.1) is 0 Å². The largest absolute Gasteiger partial charge is 0.387 e. The second-order valence-electron chi connectivity index (χ2n) is 9.15. The van der Waals surface area contributed by atoms with Gasteiger partial charge in [-0.05, 0) is 52.0 Å². The minimum absolute atomic E-state index is 0.104. The number of ether oxygens (including phenoxy) is 3. The van der Waals surface area contributed by atoms with Crippen molar-refractivity contribution in [2.24, 2.45) is 0 Å². The van der Waals surface area contributed by atoms with Crippen LogP contribution in [0.5, 0.6) is 0 Å². The van der Waals surface area contributed by atoms with E-state index in [1.165, 1.54) is 24.3 Å². The third-order valence-corrected chi connectivity index (χ3v) is 8.38. The van der Waals surface area contributed by atoms with E-state index in [4.69, 9.17) is 22.6 Å². The van der Waals surface area contributed by atoms with Crippen LogP contribution in [0, 0.1) is 13.8 Å². The highest BCUT2D eigenvalue weighted by Crippen LogP contribution is 2.43. The van der Waals surface area contributed by atoms with E-state index in [0.29, 0.717) is 0 Å². The van der Waals surface area contributed by atoms with Crippen molar-refractivity contribution in [3.63, 3.8) is 0 Å². The van der Waals surface area contributed by atoms with Gasteiger partial charge in [0, 0.05) is 0 Å². The number of aliphatic hydroxyl groups excluding tert-OH is 1. The molecule has 4 rings (SSSR count). The highest BCUT2D eigenvalue weighted by atomic mass is 32.2. The van der Waals surface area contributed by atoms with Crippen molar-refractivity contribution >= 4 is 20.2 Å². The molecule has 0 saturated carbocycles. The first-order valence-corrected chi connectivity index (χ1v) is 13.7. The van der Waals surface area contributed by atoms with Gasteiger partial charge in [0.2, 0.25) is 0 Å². The summed E-state index contributed by atoms with van der Waals surface area (Å²) >= 11 is 0. The lowest BCUT2D eigenvalue weighted by molar-refractivity contribution is -0.249. The maximum absolute atomic E-state index is 12.8. The second-order valence-corrected chi connectivity index (χ2v) is 12.4. The van der Waals surface area contributed by atoms with E-state index in [1.54, 1.807) is 52.0 Å². The number of hydrogen-bond acceptors (Lipinski definition) is 10. The van der Waals surface area contributed by atoms with Gasteiger partial charge in [0.15, 0.2) is 12.1 Å². The van der Waals surface area contributed by atoms with Gasteiger partial charge in [0.25, 0.3) is 20.2 Å². The van der Waals surface area contributed by atoms with Gasteiger partial charge in [0.1, 0.15) is 31.0 Å². The van der Waals surface area contributed by atoms with Crippen LogP contribution in [0.15, 0.2) is 58.3 Å². The Balaban J connectivity index is 1.58. The Morgan fingerprint density at radius 3 is 1.60 bits per heavy atom. The minimum Gasteiger partial charge on any atom is -0.387 e. The SMILES string of the molecule is Cc1ccc(S(=O)(=O)OCC2(COS(=O)(=O)c3ccc(C)cc3)O[C@@H]3OC(C)(C)O[C@@H]3[C@H]2O)cc1. The molecule has 1 N–H and O–H groups in total. The average Bonchev–Trinajstić information content (AvgIpc) is 3.21. The van der Waals surface area contributed by atoms with Gasteiger partial charge < -0.3 is 19.3 Å². The van der Waals surface area contributed by atoms with Crippen LogP contribution in [0.4, 0.5) is 0 Å². The summed E-state index contributed by atoms with van der Waals surface area (Å²) in [5.74, 6) is -1.06. The first-order valence-electron chi connectivity index (χ1n) is 10.9. The number of hydrogen-bond donors (Lipinski definition) is 1. The molecule has 2 aliphatic rings. The predicted octanol–water partition coefficient (Wildman–Crippen LogP) is 2.02. The fourth-order valence-corrected chi connectivity index (χ4v) is 5.76. The molecule has 2 saturated heterocycles. The van der Waals surface area contributed by atoms with Crippen LogP contribution >= 0.6 is 0 Å². The zero-order valence-corrected chi connectivity index (χ0v) is 21.3.